The van der Waals surface area contributed by atoms with Gasteiger partial charge in [0.25, 0.3) is 5.69 Å². The number of rotatable bonds is 6. The zero-order valence-electron chi connectivity index (χ0n) is 11.2. The predicted molar refractivity (Wildman–Crippen MR) is 74.3 cm³/mol. The summed E-state index contributed by atoms with van der Waals surface area (Å²) in [6.07, 6.45) is 4.17. The minimum atomic E-state index is -0.999. The van der Waals surface area contributed by atoms with Gasteiger partial charge >= 0.3 is 0 Å². The Hall–Kier alpha value is -2.31. The van der Waals surface area contributed by atoms with Crippen molar-refractivity contribution in [1.82, 2.24) is 0 Å². The van der Waals surface area contributed by atoms with Crippen LogP contribution in [0.15, 0.2) is 28.8 Å². The van der Waals surface area contributed by atoms with Crippen LogP contribution in [0, 0.1) is 21.7 Å². The van der Waals surface area contributed by atoms with Crippen molar-refractivity contribution in [2.45, 2.75) is 13.3 Å². The molecular weight excluding hydrogens is 268 g/mol. The van der Waals surface area contributed by atoms with E-state index in [-0.39, 0.29) is 12.2 Å². The standard InChI is InChI=1S/C13H15F2N3O2/c1-3-4-9(7-16-2)8-17-13-11(15)5-10(14)6-12(13)18(19)20/h4-7,17H,3,8H2,1-2H3/b9-4+,16-7?. The van der Waals surface area contributed by atoms with E-state index in [1.54, 1.807) is 13.3 Å². The van der Waals surface area contributed by atoms with Crippen LogP contribution in [0.2, 0.25) is 0 Å². The van der Waals surface area contributed by atoms with Crippen molar-refractivity contribution in [2.75, 3.05) is 18.9 Å². The fourth-order valence-corrected chi connectivity index (χ4v) is 1.67. The summed E-state index contributed by atoms with van der Waals surface area (Å²) in [7, 11) is 1.59. The van der Waals surface area contributed by atoms with E-state index >= 15 is 0 Å². The number of aliphatic imine (C=N–C) groups is 1. The molecule has 0 fully saturated rings. The minimum absolute atomic E-state index is 0.161. The molecule has 0 aliphatic heterocycles. The molecule has 0 saturated carbocycles. The Morgan fingerprint density at radius 2 is 2.20 bits per heavy atom. The molecule has 20 heavy (non-hydrogen) atoms. The third kappa shape index (κ3) is 4.11. The molecule has 0 aromatic heterocycles. The number of hydrogen-bond donors (Lipinski definition) is 1. The Morgan fingerprint density at radius 1 is 1.50 bits per heavy atom. The number of benzene rings is 1. The van der Waals surface area contributed by atoms with E-state index in [2.05, 4.69) is 10.3 Å². The first-order chi connectivity index (χ1) is 9.49. The molecule has 1 aromatic carbocycles. The fraction of sp³-hybridized carbons (Fsp3) is 0.308. The Balaban J connectivity index is 3.03. The highest BCUT2D eigenvalue weighted by Crippen LogP contribution is 2.28. The molecule has 1 N–H and O–H groups in total. The van der Waals surface area contributed by atoms with Crippen LogP contribution >= 0.6 is 0 Å². The Morgan fingerprint density at radius 3 is 2.75 bits per heavy atom. The second-order valence-electron chi connectivity index (χ2n) is 3.97. The van der Waals surface area contributed by atoms with Crippen LogP contribution in [-0.2, 0) is 0 Å². The molecule has 5 nitrogen and oxygen atoms in total. The number of halogens is 2. The van der Waals surface area contributed by atoms with Crippen LogP contribution in [0.5, 0.6) is 0 Å². The van der Waals surface area contributed by atoms with Crippen LogP contribution in [0.1, 0.15) is 13.3 Å². The summed E-state index contributed by atoms with van der Waals surface area (Å²) in [5.74, 6) is -1.99. The van der Waals surface area contributed by atoms with Crippen molar-refractivity contribution in [3.8, 4) is 0 Å². The molecule has 0 bridgehead atoms. The van der Waals surface area contributed by atoms with Gasteiger partial charge in [0.1, 0.15) is 11.5 Å². The first-order valence-corrected chi connectivity index (χ1v) is 5.98. The largest absolute Gasteiger partial charge is 0.373 e. The van der Waals surface area contributed by atoms with Gasteiger partial charge in [0.2, 0.25) is 0 Å². The number of nitrogens with zero attached hydrogens (tertiary/aromatic N) is 2. The Labute approximate surface area is 115 Å². The summed E-state index contributed by atoms with van der Waals surface area (Å²) >= 11 is 0. The Bertz CT molecular complexity index is 557. The van der Waals surface area contributed by atoms with Gasteiger partial charge in [-0.1, -0.05) is 13.0 Å². The lowest BCUT2D eigenvalue weighted by molar-refractivity contribution is -0.384. The number of hydrogen-bond acceptors (Lipinski definition) is 4. The maximum atomic E-state index is 13.6. The van der Waals surface area contributed by atoms with E-state index in [1.165, 1.54) is 0 Å². The van der Waals surface area contributed by atoms with Gasteiger partial charge in [0.15, 0.2) is 5.82 Å². The topological polar surface area (TPSA) is 67.5 Å². The van der Waals surface area contributed by atoms with Crippen molar-refractivity contribution in [3.63, 3.8) is 0 Å². The SMILES string of the molecule is CC/C=C(\C=NC)CNc1c(F)cc(F)cc1[N+](=O)[O-]. The van der Waals surface area contributed by atoms with Gasteiger partial charge in [-0.25, -0.2) is 8.78 Å². The summed E-state index contributed by atoms with van der Waals surface area (Å²) < 4.78 is 26.6. The second kappa shape index (κ2) is 7.32. The summed E-state index contributed by atoms with van der Waals surface area (Å²) in [6, 6.07) is 1.29. The molecule has 0 saturated heterocycles. The van der Waals surface area contributed by atoms with Gasteiger partial charge in [-0.3, -0.25) is 15.1 Å². The van der Waals surface area contributed by atoms with E-state index in [4.69, 9.17) is 0 Å². The van der Waals surface area contributed by atoms with E-state index in [1.807, 2.05) is 13.0 Å². The number of anilines is 1. The molecule has 0 amide bonds. The minimum Gasteiger partial charge on any atom is -0.373 e. The van der Waals surface area contributed by atoms with E-state index in [0.717, 1.165) is 12.0 Å². The fourth-order valence-electron chi connectivity index (χ4n) is 1.67. The smallest absolute Gasteiger partial charge is 0.298 e. The highest BCUT2D eigenvalue weighted by Gasteiger charge is 2.20. The quantitative estimate of drug-likeness (QED) is 0.494. The van der Waals surface area contributed by atoms with Crippen LogP contribution in [0.25, 0.3) is 0 Å². The molecule has 0 aliphatic rings. The number of nitro groups is 1. The first kappa shape index (κ1) is 15.7. The Kier molecular flexibility index (Phi) is 5.76. The lowest BCUT2D eigenvalue weighted by Crippen LogP contribution is -2.10. The molecule has 0 heterocycles. The zero-order chi connectivity index (χ0) is 15.1. The van der Waals surface area contributed by atoms with Crippen LogP contribution < -0.4 is 5.32 Å². The normalized spacial score (nSPS) is 11.9. The lowest BCUT2D eigenvalue weighted by Gasteiger charge is -2.09. The molecule has 0 aliphatic carbocycles. The van der Waals surface area contributed by atoms with Crippen LogP contribution in [0.3, 0.4) is 0 Å². The maximum Gasteiger partial charge on any atom is 0.298 e. The van der Waals surface area contributed by atoms with Gasteiger partial charge < -0.3 is 5.32 Å². The number of nitro benzene ring substituents is 1. The van der Waals surface area contributed by atoms with Gasteiger partial charge in [-0.05, 0) is 12.0 Å². The molecule has 0 radical (unpaired) electrons. The predicted octanol–water partition coefficient (Wildman–Crippen LogP) is 3.32. The monoisotopic (exact) mass is 283 g/mol. The third-order valence-corrected chi connectivity index (χ3v) is 2.46. The number of nitrogens with one attached hydrogen (secondary N) is 1. The zero-order valence-corrected chi connectivity index (χ0v) is 11.2. The van der Waals surface area contributed by atoms with E-state index < -0.39 is 22.2 Å². The summed E-state index contributed by atoms with van der Waals surface area (Å²) in [5.41, 5.74) is -0.206. The molecule has 108 valence electrons. The first-order valence-electron chi connectivity index (χ1n) is 5.98. The van der Waals surface area contributed by atoms with Crippen molar-refractivity contribution < 1.29 is 13.7 Å². The molecular formula is C13H15F2N3O2. The van der Waals surface area contributed by atoms with Crippen molar-refractivity contribution in [2.24, 2.45) is 4.99 Å². The summed E-state index contributed by atoms with van der Waals surface area (Å²) in [6.45, 7) is 2.08. The molecule has 0 atom stereocenters. The van der Waals surface area contributed by atoms with Gasteiger partial charge in [0, 0.05) is 25.9 Å². The third-order valence-electron chi connectivity index (χ3n) is 2.46. The maximum absolute atomic E-state index is 13.6. The summed E-state index contributed by atoms with van der Waals surface area (Å²) in [4.78, 5) is 13.8. The van der Waals surface area contributed by atoms with Crippen LogP contribution in [0.4, 0.5) is 20.2 Å². The molecule has 1 aromatic rings. The van der Waals surface area contributed by atoms with E-state index in [0.29, 0.717) is 12.1 Å². The molecule has 7 heteroatoms. The highest BCUT2D eigenvalue weighted by molar-refractivity contribution is 5.80. The van der Waals surface area contributed by atoms with Crippen molar-refractivity contribution >= 4 is 17.6 Å². The molecule has 0 spiro atoms. The average Bonchev–Trinajstić information content (AvgIpc) is 2.37. The second-order valence-corrected chi connectivity index (χ2v) is 3.97. The van der Waals surface area contributed by atoms with Crippen molar-refractivity contribution in [3.05, 3.63) is 45.5 Å². The number of allylic oxidation sites excluding steroid dienone is 1. The van der Waals surface area contributed by atoms with E-state index in [9.17, 15) is 18.9 Å². The van der Waals surface area contributed by atoms with Crippen LogP contribution in [-0.4, -0.2) is 24.7 Å². The molecule has 1 rings (SSSR count). The summed E-state index contributed by atoms with van der Waals surface area (Å²) in [5, 5.41) is 13.4. The highest BCUT2D eigenvalue weighted by atomic mass is 19.1. The van der Waals surface area contributed by atoms with Crippen molar-refractivity contribution in [1.29, 1.82) is 0 Å². The van der Waals surface area contributed by atoms with Gasteiger partial charge in [0.05, 0.1) is 11.0 Å². The van der Waals surface area contributed by atoms with Gasteiger partial charge in [-0.2, -0.15) is 0 Å². The van der Waals surface area contributed by atoms with Gasteiger partial charge in [-0.15, -0.1) is 0 Å². The average molecular weight is 283 g/mol. The molecule has 0 unspecified atom stereocenters. The lowest BCUT2D eigenvalue weighted by atomic mass is 10.2.